The third-order valence-corrected chi connectivity index (χ3v) is 3.45. The topological polar surface area (TPSA) is 39.7 Å². The third-order valence-electron chi connectivity index (χ3n) is 3.45. The van der Waals surface area contributed by atoms with Gasteiger partial charge in [-0.25, -0.2) is 0 Å². The Morgan fingerprint density at radius 2 is 1.85 bits per heavy atom. The lowest BCUT2D eigenvalue weighted by Crippen LogP contribution is -2.46. The zero-order valence-corrected chi connectivity index (χ0v) is 16.2. The predicted molar refractivity (Wildman–Crippen MR) is 99.1 cm³/mol. The Hall–Kier alpha value is -0.0400. The maximum absolute atomic E-state index is 4.73. The Bertz CT molecular complexity index is 278. The van der Waals surface area contributed by atoms with Crippen molar-refractivity contribution < 1.29 is 0 Å². The molecule has 1 saturated heterocycles. The molecule has 0 spiro atoms. The van der Waals surface area contributed by atoms with Crippen LogP contribution in [0.15, 0.2) is 4.99 Å². The molecule has 1 fully saturated rings. The van der Waals surface area contributed by atoms with Crippen molar-refractivity contribution in [2.75, 3.05) is 32.7 Å². The van der Waals surface area contributed by atoms with Crippen LogP contribution in [0.4, 0.5) is 0 Å². The van der Waals surface area contributed by atoms with Crippen molar-refractivity contribution in [2.45, 2.75) is 53.0 Å². The van der Waals surface area contributed by atoms with Gasteiger partial charge in [0.15, 0.2) is 5.96 Å². The van der Waals surface area contributed by atoms with Gasteiger partial charge in [-0.1, -0.05) is 6.92 Å². The molecule has 0 saturated carbocycles. The highest BCUT2D eigenvalue weighted by atomic mass is 127. The molecule has 0 aromatic rings. The quantitative estimate of drug-likeness (QED) is 0.332. The average Bonchev–Trinajstić information content (AvgIpc) is 2.33. The molecule has 120 valence electrons. The molecule has 1 aliphatic heterocycles. The van der Waals surface area contributed by atoms with Crippen LogP contribution >= 0.6 is 24.0 Å². The minimum atomic E-state index is 0. The lowest BCUT2D eigenvalue weighted by Gasteiger charge is -2.33. The maximum atomic E-state index is 4.73. The van der Waals surface area contributed by atoms with Crippen LogP contribution in [0.3, 0.4) is 0 Å². The average molecular weight is 396 g/mol. The van der Waals surface area contributed by atoms with E-state index in [0.717, 1.165) is 44.6 Å². The van der Waals surface area contributed by atoms with Gasteiger partial charge < -0.3 is 15.5 Å². The summed E-state index contributed by atoms with van der Waals surface area (Å²) in [6.45, 7) is 16.0. The summed E-state index contributed by atoms with van der Waals surface area (Å²) in [4.78, 5) is 7.14. The molecule has 0 unspecified atom stereocenters. The van der Waals surface area contributed by atoms with Gasteiger partial charge in [-0.05, 0) is 46.5 Å². The number of nitrogens with one attached hydrogen (secondary N) is 2. The summed E-state index contributed by atoms with van der Waals surface area (Å²) in [5, 5.41) is 6.89. The molecule has 0 radical (unpaired) electrons. The lowest BCUT2D eigenvalue weighted by atomic mass is 10.00. The third kappa shape index (κ3) is 8.29. The molecule has 5 heteroatoms. The number of halogens is 1. The molecule has 0 aliphatic carbocycles. The first kappa shape index (κ1) is 20.0. The number of rotatable bonds is 4. The molecule has 0 bridgehead atoms. The lowest BCUT2D eigenvalue weighted by molar-refractivity contribution is 0.273. The van der Waals surface area contributed by atoms with Crippen LogP contribution in [-0.4, -0.2) is 49.1 Å². The fraction of sp³-hybridized carbons (Fsp3) is 0.933. The Morgan fingerprint density at radius 3 is 2.35 bits per heavy atom. The van der Waals surface area contributed by atoms with E-state index in [1.54, 1.807) is 0 Å². The summed E-state index contributed by atoms with van der Waals surface area (Å²) in [5.41, 5.74) is 0.175. The van der Waals surface area contributed by atoms with E-state index >= 15 is 0 Å². The number of aliphatic imine (C=N–C) groups is 1. The van der Waals surface area contributed by atoms with E-state index in [9.17, 15) is 0 Å². The number of hydrogen-bond donors (Lipinski definition) is 2. The number of guanidine groups is 1. The van der Waals surface area contributed by atoms with Crippen molar-refractivity contribution in [3.63, 3.8) is 0 Å². The van der Waals surface area contributed by atoms with Crippen molar-refractivity contribution in [3.8, 4) is 0 Å². The van der Waals surface area contributed by atoms with E-state index in [-0.39, 0.29) is 29.5 Å². The van der Waals surface area contributed by atoms with Gasteiger partial charge >= 0.3 is 0 Å². The molecule has 1 aliphatic rings. The van der Waals surface area contributed by atoms with Crippen molar-refractivity contribution in [1.29, 1.82) is 0 Å². The molecule has 0 aromatic carbocycles. The summed E-state index contributed by atoms with van der Waals surface area (Å²) in [7, 11) is 0. The molecule has 2 N–H and O–H groups in total. The monoisotopic (exact) mass is 396 g/mol. The van der Waals surface area contributed by atoms with Gasteiger partial charge in [0, 0.05) is 31.7 Å². The van der Waals surface area contributed by atoms with E-state index < -0.39 is 0 Å². The molecular weight excluding hydrogens is 363 g/mol. The molecule has 1 heterocycles. The summed E-state index contributed by atoms with van der Waals surface area (Å²) in [5.74, 6) is 1.95. The summed E-state index contributed by atoms with van der Waals surface area (Å²) < 4.78 is 0. The van der Waals surface area contributed by atoms with Crippen molar-refractivity contribution >= 4 is 29.9 Å². The second-order valence-corrected chi connectivity index (χ2v) is 6.58. The van der Waals surface area contributed by atoms with E-state index in [2.05, 4.69) is 50.2 Å². The van der Waals surface area contributed by atoms with Crippen LogP contribution in [0.1, 0.15) is 47.5 Å². The molecule has 4 nitrogen and oxygen atoms in total. The van der Waals surface area contributed by atoms with Crippen LogP contribution in [0.2, 0.25) is 0 Å². The second kappa shape index (κ2) is 9.82. The van der Waals surface area contributed by atoms with Gasteiger partial charge in [0.2, 0.25) is 0 Å². The minimum absolute atomic E-state index is 0. The van der Waals surface area contributed by atoms with Gasteiger partial charge in [-0.2, -0.15) is 0 Å². The van der Waals surface area contributed by atoms with Gasteiger partial charge in [-0.3, -0.25) is 4.99 Å². The van der Waals surface area contributed by atoms with Crippen LogP contribution in [0, 0.1) is 5.92 Å². The highest BCUT2D eigenvalue weighted by Crippen LogP contribution is 2.15. The highest BCUT2D eigenvalue weighted by Gasteiger charge is 2.18. The molecule has 20 heavy (non-hydrogen) atoms. The summed E-state index contributed by atoms with van der Waals surface area (Å²) in [6, 6.07) is 0. The molecule has 0 amide bonds. The first-order valence-electron chi connectivity index (χ1n) is 7.70. The van der Waals surface area contributed by atoms with Crippen LogP contribution < -0.4 is 10.6 Å². The highest BCUT2D eigenvalue weighted by molar-refractivity contribution is 14.0. The summed E-state index contributed by atoms with van der Waals surface area (Å²) in [6.07, 6.45) is 2.56. The fourth-order valence-electron chi connectivity index (χ4n) is 2.24. The first-order chi connectivity index (χ1) is 8.92. The maximum Gasteiger partial charge on any atom is 0.193 e. The molecular formula is C15H33IN4. The fourth-order valence-corrected chi connectivity index (χ4v) is 2.24. The number of hydrogen-bond acceptors (Lipinski definition) is 2. The number of nitrogens with zero attached hydrogens (tertiary/aromatic N) is 2. The van der Waals surface area contributed by atoms with Gasteiger partial charge in [-0.15, -0.1) is 24.0 Å². The van der Waals surface area contributed by atoms with E-state index in [1.165, 1.54) is 12.8 Å². The van der Waals surface area contributed by atoms with Crippen LogP contribution in [0.5, 0.6) is 0 Å². The number of likely N-dealkylation sites (tertiary alicyclic amines) is 1. The minimum Gasteiger partial charge on any atom is -0.357 e. The SMILES string of the molecule is CCNC(=NCCNC(C)(C)C)N1CCC(C)CC1.I. The normalized spacial score (nSPS) is 17.9. The smallest absolute Gasteiger partial charge is 0.193 e. The molecule has 0 aromatic heterocycles. The van der Waals surface area contributed by atoms with Crippen molar-refractivity contribution in [3.05, 3.63) is 0 Å². The first-order valence-corrected chi connectivity index (χ1v) is 7.70. The van der Waals surface area contributed by atoms with Crippen LogP contribution in [-0.2, 0) is 0 Å². The number of piperidine rings is 1. The molecule has 0 atom stereocenters. The standard InChI is InChI=1S/C15H32N4.HI/c1-6-16-14(17-9-10-18-15(3,4)5)19-11-7-13(2)8-12-19;/h13,18H,6-12H2,1-5H3,(H,16,17);1H. The van der Waals surface area contributed by atoms with E-state index in [4.69, 9.17) is 4.99 Å². The van der Waals surface area contributed by atoms with Gasteiger partial charge in [0.1, 0.15) is 0 Å². The van der Waals surface area contributed by atoms with Gasteiger partial charge in [0.05, 0.1) is 6.54 Å². The van der Waals surface area contributed by atoms with E-state index in [0.29, 0.717) is 0 Å². The predicted octanol–water partition coefficient (Wildman–Crippen LogP) is 2.69. The Labute approximate surface area is 142 Å². The Balaban J connectivity index is 0.00000361. The van der Waals surface area contributed by atoms with E-state index in [1.807, 2.05) is 0 Å². The zero-order valence-electron chi connectivity index (χ0n) is 13.8. The second-order valence-electron chi connectivity index (χ2n) is 6.58. The molecule has 1 rings (SSSR count). The van der Waals surface area contributed by atoms with Crippen molar-refractivity contribution in [2.24, 2.45) is 10.9 Å². The zero-order chi connectivity index (χ0) is 14.3. The Morgan fingerprint density at radius 1 is 1.25 bits per heavy atom. The Kier molecular flexibility index (Phi) is 9.80. The van der Waals surface area contributed by atoms with Crippen LogP contribution in [0.25, 0.3) is 0 Å². The van der Waals surface area contributed by atoms with Gasteiger partial charge in [0.25, 0.3) is 0 Å². The summed E-state index contributed by atoms with van der Waals surface area (Å²) >= 11 is 0. The van der Waals surface area contributed by atoms with Crippen molar-refractivity contribution in [1.82, 2.24) is 15.5 Å². The largest absolute Gasteiger partial charge is 0.357 e.